The van der Waals surface area contributed by atoms with Crippen molar-refractivity contribution in [2.75, 3.05) is 12.4 Å². The fraction of sp³-hybridized carbons (Fsp3) is 0.250. The monoisotopic (exact) mass is 239 g/mol. The number of fused-ring (bicyclic) bond motifs is 1. The fourth-order valence-electron chi connectivity index (χ4n) is 2.69. The van der Waals surface area contributed by atoms with E-state index in [9.17, 15) is 0 Å². The number of ether oxygens (including phenoxy) is 1. The van der Waals surface area contributed by atoms with Crippen LogP contribution >= 0.6 is 0 Å². The number of rotatable bonds is 2. The van der Waals surface area contributed by atoms with E-state index in [1.54, 1.807) is 7.11 Å². The van der Waals surface area contributed by atoms with Crippen LogP contribution in [0.15, 0.2) is 42.5 Å². The molecule has 92 valence electrons. The van der Waals surface area contributed by atoms with Crippen molar-refractivity contribution in [3.63, 3.8) is 0 Å². The van der Waals surface area contributed by atoms with Gasteiger partial charge in [-0.05, 0) is 36.1 Å². The lowest BCUT2D eigenvalue weighted by Crippen LogP contribution is -2.07. The summed E-state index contributed by atoms with van der Waals surface area (Å²) in [4.78, 5) is 0. The maximum Gasteiger partial charge on any atom is 0.142 e. The maximum atomic E-state index is 5.41. The zero-order valence-electron chi connectivity index (χ0n) is 10.7. The normalized spacial score (nSPS) is 17.1. The van der Waals surface area contributed by atoms with Gasteiger partial charge in [0, 0.05) is 0 Å². The maximum absolute atomic E-state index is 5.41. The summed E-state index contributed by atoms with van der Waals surface area (Å²) in [6.45, 7) is 2.16. The highest BCUT2D eigenvalue weighted by molar-refractivity contribution is 5.67. The zero-order valence-corrected chi connectivity index (χ0v) is 10.7. The number of methoxy groups -OCH3 is 1. The second kappa shape index (κ2) is 4.37. The molecule has 18 heavy (non-hydrogen) atoms. The highest BCUT2D eigenvalue weighted by atomic mass is 16.5. The molecule has 2 aromatic rings. The molecule has 0 fully saturated rings. The van der Waals surface area contributed by atoms with E-state index in [2.05, 4.69) is 48.6 Å². The van der Waals surface area contributed by atoms with Gasteiger partial charge in [0.15, 0.2) is 0 Å². The average molecular weight is 239 g/mol. The Hall–Kier alpha value is -1.96. The van der Waals surface area contributed by atoms with Crippen molar-refractivity contribution in [1.29, 1.82) is 0 Å². The zero-order chi connectivity index (χ0) is 12.5. The van der Waals surface area contributed by atoms with Crippen LogP contribution < -0.4 is 10.1 Å². The minimum atomic E-state index is 0.359. The van der Waals surface area contributed by atoms with Gasteiger partial charge in [0.25, 0.3) is 0 Å². The van der Waals surface area contributed by atoms with Gasteiger partial charge in [0.05, 0.1) is 18.8 Å². The van der Waals surface area contributed by atoms with Crippen molar-refractivity contribution in [3.8, 4) is 5.75 Å². The largest absolute Gasteiger partial charge is 0.495 e. The number of para-hydroxylation sites is 1. The van der Waals surface area contributed by atoms with Gasteiger partial charge in [0.2, 0.25) is 0 Å². The summed E-state index contributed by atoms with van der Waals surface area (Å²) in [5.74, 6) is 0.934. The van der Waals surface area contributed by atoms with E-state index in [1.165, 1.54) is 16.7 Å². The lowest BCUT2D eigenvalue weighted by atomic mass is 9.99. The molecule has 2 aromatic carbocycles. The molecule has 1 unspecified atom stereocenters. The van der Waals surface area contributed by atoms with Crippen LogP contribution in [0.3, 0.4) is 0 Å². The SMILES string of the molecule is COc1cccc2c1NC(c1ccccc1C)C2. The average Bonchev–Trinajstić information content (AvgIpc) is 2.82. The number of hydrogen-bond donors (Lipinski definition) is 1. The minimum Gasteiger partial charge on any atom is -0.495 e. The number of aryl methyl sites for hydroxylation is 1. The molecule has 1 N–H and O–H groups in total. The van der Waals surface area contributed by atoms with E-state index in [1.807, 2.05) is 6.07 Å². The van der Waals surface area contributed by atoms with Crippen LogP contribution in [0.5, 0.6) is 5.75 Å². The predicted octanol–water partition coefficient (Wildman–Crippen LogP) is 3.71. The molecule has 1 heterocycles. The summed E-state index contributed by atoms with van der Waals surface area (Å²) in [6, 6.07) is 15.1. The number of anilines is 1. The first-order chi connectivity index (χ1) is 8.79. The molecule has 1 aliphatic heterocycles. The highest BCUT2D eigenvalue weighted by Crippen LogP contribution is 2.40. The van der Waals surface area contributed by atoms with Crippen LogP contribution in [-0.2, 0) is 6.42 Å². The van der Waals surface area contributed by atoms with Crippen molar-refractivity contribution >= 4 is 5.69 Å². The van der Waals surface area contributed by atoms with E-state index in [4.69, 9.17) is 4.74 Å². The molecular formula is C16H17NO. The molecule has 0 spiro atoms. The molecule has 1 atom stereocenters. The Balaban J connectivity index is 1.96. The minimum absolute atomic E-state index is 0.359. The van der Waals surface area contributed by atoms with Crippen LogP contribution in [0.2, 0.25) is 0 Å². The Morgan fingerprint density at radius 1 is 1.11 bits per heavy atom. The molecular weight excluding hydrogens is 222 g/mol. The first-order valence-corrected chi connectivity index (χ1v) is 6.27. The van der Waals surface area contributed by atoms with Gasteiger partial charge in [-0.3, -0.25) is 0 Å². The Morgan fingerprint density at radius 2 is 1.94 bits per heavy atom. The molecule has 0 saturated heterocycles. The van der Waals surface area contributed by atoms with Crippen LogP contribution in [0.4, 0.5) is 5.69 Å². The van der Waals surface area contributed by atoms with Crippen molar-refractivity contribution in [1.82, 2.24) is 0 Å². The third-order valence-electron chi connectivity index (χ3n) is 3.64. The first-order valence-electron chi connectivity index (χ1n) is 6.27. The van der Waals surface area contributed by atoms with Crippen LogP contribution in [0, 0.1) is 6.92 Å². The molecule has 1 aliphatic rings. The van der Waals surface area contributed by atoms with Crippen LogP contribution in [-0.4, -0.2) is 7.11 Å². The molecule has 0 radical (unpaired) electrons. The van der Waals surface area contributed by atoms with Crippen molar-refractivity contribution in [3.05, 3.63) is 59.2 Å². The third-order valence-corrected chi connectivity index (χ3v) is 3.64. The van der Waals surface area contributed by atoms with E-state index < -0.39 is 0 Å². The third kappa shape index (κ3) is 1.74. The smallest absolute Gasteiger partial charge is 0.142 e. The molecule has 0 bridgehead atoms. The number of nitrogens with one attached hydrogen (secondary N) is 1. The fourth-order valence-corrected chi connectivity index (χ4v) is 2.69. The summed E-state index contributed by atoms with van der Waals surface area (Å²) >= 11 is 0. The Labute approximate surface area is 108 Å². The van der Waals surface area contributed by atoms with Gasteiger partial charge in [-0.1, -0.05) is 36.4 Å². The Kier molecular flexibility index (Phi) is 2.71. The number of hydrogen-bond acceptors (Lipinski definition) is 2. The molecule has 2 nitrogen and oxygen atoms in total. The van der Waals surface area contributed by atoms with Gasteiger partial charge in [0.1, 0.15) is 5.75 Å². The molecule has 3 rings (SSSR count). The Bertz CT molecular complexity index is 577. The van der Waals surface area contributed by atoms with E-state index >= 15 is 0 Å². The summed E-state index contributed by atoms with van der Waals surface area (Å²) in [5.41, 5.74) is 5.19. The van der Waals surface area contributed by atoms with Crippen molar-refractivity contribution in [2.24, 2.45) is 0 Å². The first kappa shape index (κ1) is 11.1. The summed E-state index contributed by atoms with van der Waals surface area (Å²) in [6.07, 6.45) is 1.03. The predicted molar refractivity (Wildman–Crippen MR) is 74.2 cm³/mol. The van der Waals surface area contributed by atoms with Gasteiger partial charge < -0.3 is 10.1 Å². The highest BCUT2D eigenvalue weighted by Gasteiger charge is 2.25. The molecule has 2 heteroatoms. The second-order valence-corrected chi connectivity index (χ2v) is 4.75. The summed E-state index contributed by atoms with van der Waals surface area (Å²) < 4.78 is 5.41. The molecule has 0 amide bonds. The lowest BCUT2D eigenvalue weighted by Gasteiger charge is -2.15. The van der Waals surface area contributed by atoms with E-state index in [-0.39, 0.29) is 0 Å². The van der Waals surface area contributed by atoms with E-state index in [0.717, 1.165) is 17.9 Å². The van der Waals surface area contributed by atoms with E-state index in [0.29, 0.717) is 6.04 Å². The lowest BCUT2D eigenvalue weighted by molar-refractivity contribution is 0.416. The summed E-state index contributed by atoms with van der Waals surface area (Å²) in [7, 11) is 1.72. The molecule has 0 saturated carbocycles. The molecule has 0 aliphatic carbocycles. The second-order valence-electron chi connectivity index (χ2n) is 4.75. The Morgan fingerprint density at radius 3 is 2.72 bits per heavy atom. The standard InChI is InChI=1S/C16H17NO/c1-11-6-3-4-8-13(11)14-10-12-7-5-9-15(18-2)16(12)17-14/h3-9,14,17H,10H2,1-2H3. The molecule has 0 aromatic heterocycles. The van der Waals surface area contributed by atoms with Gasteiger partial charge in [-0.15, -0.1) is 0 Å². The topological polar surface area (TPSA) is 21.3 Å². The van der Waals surface area contributed by atoms with Crippen LogP contribution in [0.25, 0.3) is 0 Å². The number of benzene rings is 2. The van der Waals surface area contributed by atoms with Crippen molar-refractivity contribution in [2.45, 2.75) is 19.4 Å². The van der Waals surface area contributed by atoms with Crippen LogP contribution in [0.1, 0.15) is 22.7 Å². The van der Waals surface area contributed by atoms with Gasteiger partial charge in [-0.2, -0.15) is 0 Å². The quantitative estimate of drug-likeness (QED) is 0.862. The summed E-state index contributed by atoms with van der Waals surface area (Å²) in [5, 5.41) is 3.59. The van der Waals surface area contributed by atoms with Crippen molar-refractivity contribution < 1.29 is 4.74 Å². The van der Waals surface area contributed by atoms with Gasteiger partial charge in [-0.25, -0.2) is 0 Å². The van der Waals surface area contributed by atoms with Gasteiger partial charge >= 0.3 is 0 Å².